The summed E-state index contributed by atoms with van der Waals surface area (Å²) in [6, 6.07) is 7.18. The van der Waals surface area contributed by atoms with E-state index in [1.54, 1.807) is 12.1 Å². The molecule has 2 fully saturated rings. The molecule has 2 bridgehead atoms. The second-order valence-corrected chi connectivity index (χ2v) is 7.84. The van der Waals surface area contributed by atoms with Crippen LogP contribution in [0, 0.1) is 11.8 Å². The fourth-order valence-corrected chi connectivity index (χ4v) is 5.90. The summed E-state index contributed by atoms with van der Waals surface area (Å²) in [5, 5.41) is 3.36. The van der Waals surface area contributed by atoms with Gasteiger partial charge in [-0.3, -0.25) is 0 Å². The van der Waals surface area contributed by atoms with Gasteiger partial charge in [0, 0.05) is 6.54 Å². The van der Waals surface area contributed by atoms with Crippen LogP contribution < -0.4 is 10.0 Å². The molecule has 3 atom stereocenters. The Kier molecular flexibility index (Phi) is 2.30. The van der Waals surface area contributed by atoms with Crippen molar-refractivity contribution >= 4 is 15.7 Å². The maximum atomic E-state index is 12.6. The standard InChI is InChI=1S/C14H18N2O2S/c17-19(18)13-4-2-1-3-12(13)15-9-14(16-19)8-10-5-6-11(14)7-10/h1-4,10-11,15-16H,5-9H2. The SMILES string of the molecule is O=S1(=O)NC2(CNc3ccccc31)CC1CCC2C1. The number of nitrogens with one attached hydrogen (secondary N) is 2. The molecule has 5 heteroatoms. The number of anilines is 1. The molecule has 4 nitrogen and oxygen atoms in total. The lowest BCUT2D eigenvalue weighted by Gasteiger charge is -2.36. The minimum atomic E-state index is -3.41. The van der Waals surface area contributed by atoms with E-state index in [9.17, 15) is 8.42 Å². The molecule has 4 rings (SSSR count). The van der Waals surface area contributed by atoms with Crippen LogP contribution >= 0.6 is 0 Å². The molecular formula is C14H18N2O2S. The van der Waals surface area contributed by atoms with Crippen LogP contribution in [-0.2, 0) is 10.0 Å². The monoisotopic (exact) mass is 278 g/mol. The minimum absolute atomic E-state index is 0.263. The molecule has 1 aliphatic heterocycles. The number of rotatable bonds is 0. The molecular weight excluding hydrogens is 260 g/mol. The van der Waals surface area contributed by atoms with Gasteiger partial charge in [0.05, 0.1) is 11.2 Å². The fraction of sp³-hybridized carbons (Fsp3) is 0.571. The highest BCUT2D eigenvalue weighted by molar-refractivity contribution is 7.89. The van der Waals surface area contributed by atoms with Crippen LogP contribution in [-0.4, -0.2) is 20.5 Å². The second-order valence-electron chi connectivity index (χ2n) is 6.19. The van der Waals surface area contributed by atoms with Crippen LogP contribution in [0.2, 0.25) is 0 Å². The summed E-state index contributed by atoms with van der Waals surface area (Å²) in [6.07, 6.45) is 4.59. The number of hydrogen-bond donors (Lipinski definition) is 2. The van der Waals surface area contributed by atoms with E-state index in [-0.39, 0.29) is 5.54 Å². The minimum Gasteiger partial charge on any atom is -0.382 e. The molecule has 102 valence electrons. The Morgan fingerprint density at radius 1 is 1.21 bits per heavy atom. The number of benzene rings is 1. The predicted molar refractivity (Wildman–Crippen MR) is 73.4 cm³/mol. The molecule has 0 radical (unpaired) electrons. The van der Waals surface area contributed by atoms with Gasteiger partial charge >= 0.3 is 0 Å². The summed E-state index contributed by atoms with van der Waals surface area (Å²) in [4.78, 5) is 0.384. The largest absolute Gasteiger partial charge is 0.382 e. The zero-order valence-corrected chi connectivity index (χ0v) is 11.5. The zero-order valence-electron chi connectivity index (χ0n) is 10.7. The molecule has 19 heavy (non-hydrogen) atoms. The number of sulfonamides is 1. The molecule has 3 aliphatic rings. The lowest BCUT2D eigenvalue weighted by Crippen LogP contribution is -2.55. The molecule has 0 saturated heterocycles. The number of para-hydroxylation sites is 1. The second kappa shape index (κ2) is 3.73. The van der Waals surface area contributed by atoms with Crippen molar-refractivity contribution < 1.29 is 8.42 Å². The highest BCUT2D eigenvalue weighted by atomic mass is 32.2. The summed E-state index contributed by atoms with van der Waals surface area (Å²) < 4.78 is 28.2. The lowest BCUT2D eigenvalue weighted by atomic mass is 9.82. The van der Waals surface area contributed by atoms with Crippen molar-refractivity contribution in [2.75, 3.05) is 11.9 Å². The normalized spacial score (nSPS) is 38.7. The molecule has 1 aromatic rings. The Bertz CT molecular complexity index is 628. The summed E-state index contributed by atoms with van der Waals surface area (Å²) in [5.74, 6) is 1.20. The molecule has 1 aromatic carbocycles. The van der Waals surface area contributed by atoms with Crippen molar-refractivity contribution in [2.24, 2.45) is 11.8 Å². The quantitative estimate of drug-likeness (QED) is 0.762. The molecule has 0 aromatic heterocycles. The smallest absolute Gasteiger partial charge is 0.243 e. The first-order valence-corrected chi connectivity index (χ1v) is 8.44. The lowest BCUT2D eigenvalue weighted by molar-refractivity contribution is 0.261. The highest BCUT2D eigenvalue weighted by Crippen LogP contribution is 2.52. The van der Waals surface area contributed by atoms with Crippen LogP contribution in [0.25, 0.3) is 0 Å². The first-order valence-electron chi connectivity index (χ1n) is 6.96. The summed E-state index contributed by atoms with van der Waals surface area (Å²) in [5.41, 5.74) is 0.468. The van der Waals surface area contributed by atoms with Crippen molar-refractivity contribution in [1.82, 2.24) is 4.72 Å². The average molecular weight is 278 g/mol. The third-order valence-electron chi connectivity index (χ3n) is 5.08. The van der Waals surface area contributed by atoms with Gasteiger partial charge in [-0.25, -0.2) is 13.1 Å². The maximum Gasteiger partial charge on any atom is 0.243 e. The Labute approximate surface area is 113 Å². The van der Waals surface area contributed by atoms with Gasteiger partial charge in [-0.15, -0.1) is 0 Å². The summed E-state index contributed by atoms with van der Waals surface area (Å²) >= 11 is 0. The van der Waals surface area contributed by atoms with E-state index >= 15 is 0 Å². The van der Waals surface area contributed by atoms with E-state index in [1.807, 2.05) is 12.1 Å². The summed E-state index contributed by atoms with van der Waals surface area (Å²) in [6.45, 7) is 0.713. The van der Waals surface area contributed by atoms with Gasteiger partial charge in [-0.2, -0.15) is 0 Å². The van der Waals surface area contributed by atoms with E-state index in [2.05, 4.69) is 10.0 Å². The highest BCUT2D eigenvalue weighted by Gasteiger charge is 2.53. The maximum absolute atomic E-state index is 12.6. The molecule has 2 N–H and O–H groups in total. The van der Waals surface area contributed by atoms with Crippen molar-refractivity contribution in [2.45, 2.75) is 36.1 Å². The van der Waals surface area contributed by atoms with Crippen LogP contribution in [0.3, 0.4) is 0 Å². The van der Waals surface area contributed by atoms with Gasteiger partial charge in [-0.1, -0.05) is 18.6 Å². The van der Waals surface area contributed by atoms with Gasteiger partial charge in [0.1, 0.15) is 4.90 Å². The third-order valence-corrected chi connectivity index (χ3v) is 6.69. The molecule has 0 amide bonds. The van der Waals surface area contributed by atoms with E-state index in [0.29, 0.717) is 23.3 Å². The molecule has 1 heterocycles. The van der Waals surface area contributed by atoms with E-state index < -0.39 is 10.0 Å². The fourth-order valence-electron chi connectivity index (χ4n) is 4.24. The van der Waals surface area contributed by atoms with Crippen LogP contribution in [0.15, 0.2) is 29.2 Å². The zero-order chi connectivity index (χ0) is 13.1. The van der Waals surface area contributed by atoms with Crippen LogP contribution in [0.4, 0.5) is 5.69 Å². The van der Waals surface area contributed by atoms with E-state index in [1.165, 1.54) is 12.8 Å². The van der Waals surface area contributed by atoms with Crippen molar-refractivity contribution in [3.05, 3.63) is 24.3 Å². The molecule has 3 unspecified atom stereocenters. The molecule has 2 saturated carbocycles. The van der Waals surface area contributed by atoms with Gasteiger partial charge in [0.25, 0.3) is 0 Å². The Hall–Kier alpha value is -1.07. The van der Waals surface area contributed by atoms with Gasteiger partial charge in [0.2, 0.25) is 10.0 Å². The van der Waals surface area contributed by atoms with Crippen molar-refractivity contribution in [3.8, 4) is 0 Å². The number of fused-ring (bicyclic) bond motifs is 4. The van der Waals surface area contributed by atoms with Crippen molar-refractivity contribution in [1.29, 1.82) is 0 Å². The van der Waals surface area contributed by atoms with Crippen LogP contribution in [0.5, 0.6) is 0 Å². The third kappa shape index (κ3) is 1.64. The summed E-state index contributed by atoms with van der Waals surface area (Å²) in [7, 11) is -3.41. The van der Waals surface area contributed by atoms with Gasteiger partial charge in [0.15, 0.2) is 0 Å². The Morgan fingerprint density at radius 3 is 2.79 bits per heavy atom. The predicted octanol–water partition coefficient (Wildman–Crippen LogP) is 1.95. The van der Waals surface area contributed by atoms with Gasteiger partial charge < -0.3 is 5.32 Å². The van der Waals surface area contributed by atoms with Crippen LogP contribution in [0.1, 0.15) is 25.7 Å². The topological polar surface area (TPSA) is 58.2 Å². The Balaban J connectivity index is 1.79. The molecule has 1 spiro atoms. The van der Waals surface area contributed by atoms with E-state index in [4.69, 9.17) is 0 Å². The van der Waals surface area contributed by atoms with Crippen molar-refractivity contribution in [3.63, 3.8) is 0 Å². The van der Waals surface area contributed by atoms with E-state index in [0.717, 1.165) is 18.5 Å². The number of hydrogen-bond acceptors (Lipinski definition) is 3. The van der Waals surface area contributed by atoms with Gasteiger partial charge in [-0.05, 0) is 43.2 Å². The average Bonchev–Trinajstić information content (AvgIpc) is 2.94. The first-order chi connectivity index (χ1) is 9.09. The Morgan fingerprint density at radius 2 is 2.05 bits per heavy atom. The molecule has 2 aliphatic carbocycles. The first kappa shape index (κ1) is 11.7.